The van der Waals surface area contributed by atoms with Gasteiger partial charge < -0.3 is 20.5 Å². The minimum absolute atomic E-state index is 0.0129. The lowest BCUT2D eigenvalue weighted by Crippen LogP contribution is -2.45. The molecule has 0 saturated carbocycles. The van der Waals surface area contributed by atoms with Gasteiger partial charge in [0.15, 0.2) is 11.6 Å². The smallest absolute Gasteiger partial charge is 0.290 e. The van der Waals surface area contributed by atoms with Gasteiger partial charge in [-0.15, -0.1) is 0 Å². The highest BCUT2D eigenvalue weighted by molar-refractivity contribution is 5.76. The van der Waals surface area contributed by atoms with E-state index >= 15 is 0 Å². The van der Waals surface area contributed by atoms with Gasteiger partial charge in [-0.3, -0.25) is 14.5 Å². The van der Waals surface area contributed by atoms with Gasteiger partial charge in [0.05, 0.1) is 19.3 Å². The molecule has 0 bridgehead atoms. The fourth-order valence-corrected chi connectivity index (χ4v) is 3.81. The zero-order chi connectivity index (χ0) is 25.1. The first-order valence-corrected chi connectivity index (χ1v) is 10.8. The van der Waals surface area contributed by atoms with Crippen LogP contribution in [0.3, 0.4) is 0 Å². The molecule has 34 heavy (non-hydrogen) atoms. The lowest BCUT2D eigenvalue weighted by atomic mass is 10.0. The molecule has 2 aromatic carbocycles. The number of nitrogens with zero attached hydrogens (tertiary/aromatic N) is 2. The molecule has 0 spiro atoms. The van der Waals surface area contributed by atoms with Crippen LogP contribution in [0.5, 0.6) is 0 Å². The fraction of sp³-hybridized carbons (Fsp3) is 0.417. The summed E-state index contributed by atoms with van der Waals surface area (Å²) in [6.07, 6.45) is -0.0895. The molecule has 1 aliphatic heterocycles. The lowest BCUT2D eigenvalue weighted by molar-refractivity contribution is -0.131. The van der Waals surface area contributed by atoms with Gasteiger partial charge in [0.2, 0.25) is 5.91 Å². The Labute approximate surface area is 196 Å². The van der Waals surface area contributed by atoms with Crippen molar-refractivity contribution in [2.24, 2.45) is 5.73 Å². The van der Waals surface area contributed by atoms with Crippen LogP contribution < -0.4 is 5.73 Å². The Morgan fingerprint density at radius 1 is 1.15 bits per heavy atom. The Bertz CT molecular complexity index is 927. The Morgan fingerprint density at radius 2 is 1.74 bits per heavy atom. The van der Waals surface area contributed by atoms with Crippen molar-refractivity contribution in [1.29, 1.82) is 0 Å². The highest BCUT2D eigenvalue weighted by Gasteiger charge is 2.26. The molecule has 10 heteroatoms. The van der Waals surface area contributed by atoms with E-state index in [1.807, 2.05) is 30.3 Å². The summed E-state index contributed by atoms with van der Waals surface area (Å²) in [4.78, 5) is 25.0. The molecule has 0 aliphatic carbocycles. The van der Waals surface area contributed by atoms with Crippen LogP contribution in [0, 0.1) is 17.5 Å². The van der Waals surface area contributed by atoms with E-state index in [2.05, 4.69) is 4.90 Å². The van der Waals surface area contributed by atoms with Crippen molar-refractivity contribution in [2.45, 2.75) is 24.9 Å². The minimum Gasteiger partial charge on any atom is -0.483 e. The third-order valence-electron chi connectivity index (χ3n) is 5.55. The van der Waals surface area contributed by atoms with Gasteiger partial charge in [-0.05, 0) is 23.6 Å². The second-order valence-electron chi connectivity index (χ2n) is 7.98. The number of rotatable bonds is 8. The molecule has 0 aromatic heterocycles. The molecule has 1 saturated heterocycles. The Balaban J connectivity index is 0.00000129. The van der Waals surface area contributed by atoms with Gasteiger partial charge in [-0.25, -0.2) is 13.2 Å². The van der Waals surface area contributed by atoms with Crippen molar-refractivity contribution in [2.75, 3.05) is 39.9 Å². The summed E-state index contributed by atoms with van der Waals surface area (Å²) in [5.74, 6) is -3.44. The first-order chi connectivity index (χ1) is 16.3. The van der Waals surface area contributed by atoms with Crippen molar-refractivity contribution < 1.29 is 32.6 Å². The van der Waals surface area contributed by atoms with Crippen LogP contribution in [0.2, 0.25) is 0 Å². The number of hydrogen-bond donors (Lipinski definition) is 2. The molecule has 1 amide bonds. The summed E-state index contributed by atoms with van der Waals surface area (Å²) < 4.78 is 45.9. The van der Waals surface area contributed by atoms with Gasteiger partial charge in [0.25, 0.3) is 6.47 Å². The molecule has 3 rings (SSSR count). The van der Waals surface area contributed by atoms with E-state index in [-0.39, 0.29) is 36.8 Å². The fourth-order valence-electron chi connectivity index (χ4n) is 3.81. The molecule has 2 atom stereocenters. The molecular formula is C24H30F3N3O4. The van der Waals surface area contributed by atoms with Crippen molar-refractivity contribution in [3.05, 3.63) is 71.0 Å². The van der Waals surface area contributed by atoms with E-state index in [0.717, 1.165) is 24.7 Å². The molecule has 0 radical (unpaired) electrons. The van der Waals surface area contributed by atoms with E-state index in [1.165, 1.54) is 0 Å². The number of benzene rings is 2. The third-order valence-corrected chi connectivity index (χ3v) is 5.55. The van der Waals surface area contributed by atoms with Crippen molar-refractivity contribution in [3.8, 4) is 0 Å². The van der Waals surface area contributed by atoms with Crippen LogP contribution >= 0.6 is 0 Å². The maximum absolute atomic E-state index is 13.9. The Morgan fingerprint density at radius 3 is 2.35 bits per heavy atom. The molecule has 7 nitrogen and oxygen atoms in total. The van der Waals surface area contributed by atoms with Crippen LogP contribution in [0.4, 0.5) is 13.2 Å². The molecular weight excluding hydrogens is 451 g/mol. The topological polar surface area (TPSA) is 96.1 Å². The summed E-state index contributed by atoms with van der Waals surface area (Å²) in [7, 11) is 1.71. The van der Waals surface area contributed by atoms with Crippen molar-refractivity contribution >= 4 is 12.4 Å². The molecule has 3 N–H and O–H groups in total. The van der Waals surface area contributed by atoms with Gasteiger partial charge in [-0.2, -0.15) is 0 Å². The summed E-state index contributed by atoms with van der Waals surface area (Å²) in [6.45, 7) is 3.06. The van der Waals surface area contributed by atoms with Gasteiger partial charge >= 0.3 is 0 Å². The number of ether oxygens (including phenoxy) is 1. The number of carbonyl (C=O) groups is 2. The van der Waals surface area contributed by atoms with Crippen molar-refractivity contribution in [3.63, 3.8) is 0 Å². The van der Waals surface area contributed by atoms with Crippen molar-refractivity contribution in [1.82, 2.24) is 9.80 Å². The quantitative estimate of drug-likeness (QED) is 0.445. The van der Waals surface area contributed by atoms with Crippen LogP contribution in [-0.4, -0.2) is 73.2 Å². The average Bonchev–Trinajstić information content (AvgIpc) is 2.82. The van der Waals surface area contributed by atoms with Crippen LogP contribution in [0.1, 0.15) is 23.6 Å². The number of carbonyl (C=O) groups excluding carboxylic acids is 1. The molecule has 186 valence electrons. The zero-order valence-electron chi connectivity index (χ0n) is 19.0. The van der Waals surface area contributed by atoms with Crippen LogP contribution in [0.15, 0.2) is 42.5 Å². The maximum Gasteiger partial charge on any atom is 0.290 e. The largest absolute Gasteiger partial charge is 0.483 e. The molecule has 1 heterocycles. The number of hydrogen-bond acceptors (Lipinski definition) is 5. The maximum atomic E-state index is 13.9. The molecule has 1 fully saturated rings. The van der Waals surface area contributed by atoms with Gasteiger partial charge in [0, 0.05) is 45.2 Å². The van der Waals surface area contributed by atoms with Crippen LogP contribution in [0.25, 0.3) is 0 Å². The molecule has 2 unspecified atom stereocenters. The number of nitrogens with two attached hydrogens (primary N) is 1. The number of carboxylic acid groups (broad SMARTS) is 1. The summed E-state index contributed by atoms with van der Waals surface area (Å²) in [5.41, 5.74) is 7.09. The minimum atomic E-state index is -1.25. The second-order valence-corrected chi connectivity index (χ2v) is 7.98. The molecule has 2 aromatic rings. The first-order valence-electron chi connectivity index (χ1n) is 10.8. The third kappa shape index (κ3) is 8.12. The Kier molecular flexibility index (Phi) is 11.0. The SMILES string of the molecule is CN(CC(c1ccccc1)N1CCOCC1)C(=O)CC(N)Cc1cc(F)c(F)cc1F.O=CO. The van der Waals surface area contributed by atoms with E-state index in [9.17, 15) is 18.0 Å². The van der Waals surface area contributed by atoms with E-state index < -0.39 is 23.5 Å². The number of amides is 1. The molecule has 1 aliphatic rings. The van der Waals surface area contributed by atoms with E-state index in [0.29, 0.717) is 25.8 Å². The second kappa shape index (κ2) is 13.7. The summed E-state index contributed by atoms with van der Waals surface area (Å²) in [5, 5.41) is 6.89. The zero-order valence-corrected chi connectivity index (χ0v) is 19.0. The predicted octanol–water partition coefficient (Wildman–Crippen LogP) is 2.60. The monoisotopic (exact) mass is 481 g/mol. The first kappa shape index (κ1) is 27.3. The standard InChI is InChI=1S/C23H28F3N3O2.CH2O2/c1-28(15-22(16-5-3-2-4-6-16)29-7-9-31-10-8-29)23(30)13-18(27)11-17-12-20(25)21(26)14-19(17)24;2-1-3/h2-6,12,14,18,22H,7-11,13,15,27H2,1H3;1H,(H,2,3). The Hall–Kier alpha value is -2.95. The number of halogens is 3. The highest BCUT2D eigenvalue weighted by atomic mass is 19.2. The number of morpholine rings is 1. The highest BCUT2D eigenvalue weighted by Crippen LogP contribution is 2.23. The van der Waals surface area contributed by atoms with Crippen LogP contribution in [-0.2, 0) is 20.7 Å². The number of likely N-dealkylation sites (N-methyl/N-ethyl adjacent to an activating group) is 1. The van der Waals surface area contributed by atoms with Gasteiger partial charge in [0.1, 0.15) is 5.82 Å². The predicted molar refractivity (Wildman–Crippen MR) is 121 cm³/mol. The lowest BCUT2D eigenvalue weighted by Gasteiger charge is -2.37. The van der Waals surface area contributed by atoms with E-state index in [4.69, 9.17) is 20.4 Å². The van der Waals surface area contributed by atoms with Gasteiger partial charge in [-0.1, -0.05) is 30.3 Å². The van der Waals surface area contributed by atoms with E-state index in [1.54, 1.807) is 11.9 Å². The normalized spacial score (nSPS) is 15.6. The average molecular weight is 482 g/mol. The summed E-state index contributed by atoms with van der Waals surface area (Å²) in [6, 6.07) is 10.6. The summed E-state index contributed by atoms with van der Waals surface area (Å²) >= 11 is 0.